The van der Waals surface area contributed by atoms with Crippen molar-refractivity contribution in [2.45, 2.75) is 19.6 Å². The fourth-order valence-corrected chi connectivity index (χ4v) is 2.65. The second-order valence-corrected chi connectivity index (χ2v) is 6.08. The highest BCUT2D eigenvalue weighted by atomic mass is 35.5. The molecule has 5 nitrogen and oxygen atoms in total. The summed E-state index contributed by atoms with van der Waals surface area (Å²) in [4.78, 5) is 12.2. The van der Waals surface area contributed by atoms with E-state index in [9.17, 15) is 4.79 Å². The highest BCUT2D eigenvalue weighted by Crippen LogP contribution is 2.32. The van der Waals surface area contributed by atoms with Crippen LogP contribution in [0.4, 0.5) is 0 Å². The van der Waals surface area contributed by atoms with Crippen LogP contribution < -0.4 is 19.5 Å². The number of rotatable bonds is 5. The quantitative estimate of drug-likeness (QED) is 0.872. The molecule has 1 N–H and O–H groups in total. The monoisotopic (exact) mass is 367 g/mol. The summed E-state index contributed by atoms with van der Waals surface area (Å²) in [5.41, 5.74) is 0.907. The Morgan fingerprint density at radius 3 is 2.79 bits per heavy atom. The number of hydrogen-bond acceptors (Lipinski definition) is 4. The molecule has 0 aromatic heterocycles. The van der Waals surface area contributed by atoms with Gasteiger partial charge in [-0.2, -0.15) is 0 Å². The number of amides is 1. The van der Waals surface area contributed by atoms with Crippen LogP contribution in [0, 0.1) is 0 Å². The van der Waals surface area contributed by atoms with Crippen LogP contribution in [0.3, 0.4) is 0 Å². The number of halogens is 2. The third-order valence-electron chi connectivity index (χ3n) is 3.47. The minimum atomic E-state index is -0.697. The summed E-state index contributed by atoms with van der Waals surface area (Å²) in [5.74, 6) is 1.55. The summed E-state index contributed by atoms with van der Waals surface area (Å²) in [6.45, 7) is 2.23. The SMILES string of the molecule is C[C@@H](Oc1ccc(Cl)cc1Cl)C(=O)NCc1ccc2c(c1)OCO2. The Kier molecular flexibility index (Phi) is 5.02. The normalized spacial score (nSPS) is 13.5. The first-order valence-corrected chi connectivity index (χ1v) is 8.06. The minimum Gasteiger partial charge on any atom is -0.479 e. The number of nitrogens with one attached hydrogen (secondary N) is 1. The topological polar surface area (TPSA) is 56.8 Å². The van der Waals surface area contributed by atoms with E-state index in [2.05, 4.69) is 5.32 Å². The first kappa shape index (κ1) is 16.7. The van der Waals surface area contributed by atoms with E-state index in [0.29, 0.717) is 33.8 Å². The van der Waals surface area contributed by atoms with Crippen molar-refractivity contribution in [3.63, 3.8) is 0 Å². The number of fused-ring (bicyclic) bond motifs is 1. The molecule has 0 saturated heterocycles. The molecule has 2 aromatic carbocycles. The van der Waals surface area contributed by atoms with E-state index in [1.807, 2.05) is 18.2 Å². The Balaban J connectivity index is 1.56. The molecule has 1 aliphatic heterocycles. The molecule has 7 heteroatoms. The molecular formula is C17H15Cl2NO4. The molecule has 2 aromatic rings. The lowest BCUT2D eigenvalue weighted by Crippen LogP contribution is -2.35. The van der Waals surface area contributed by atoms with Crippen LogP contribution in [0.15, 0.2) is 36.4 Å². The smallest absolute Gasteiger partial charge is 0.261 e. The zero-order valence-corrected chi connectivity index (χ0v) is 14.4. The summed E-state index contributed by atoms with van der Waals surface area (Å²) in [5, 5.41) is 3.68. The van der Waals surface area contributed by atoms with Gasteiger partial charge in [0.2, 0.25) is 6.79 Å². The van der Waals surface area contributed by atoms with Gasteiger partial charge in [-0.1, -0.05) is 29.3 Å². The lowest BCUT2D eigenvalue weighted by Gasteiger charge is -2.16. The maximum Gasteiger partial charge on any atom is 0.261 e. The Labute approximate surface area is 149 Å². The molecule has 1 amide bonds. The fraction of sp³-hybridized carbons (Fsp3) is 0.235. The number of carbonyl (C=O) groups excluding carboxylic acids is 1. The van der Waals surface area contributed by atoms with Crippen molar-refractivity contribution >= 4 is 29.1 Å². The molecule has 126 valence electrons. The predicted molar refractivity (Wildman–Crippen MR) is 91.0 cm³/mol. The van der Waals surface area contributed by atoms with E-state index in [4.69, 9.17) is 37.4 Å². The fourth-order valence-electron chi connectivity index (χ4n) is 2.20. The van der Waals surface area contributed by atoms with E-state index in [1.165, 1.54) is 0 Å². The van der Waals surface area contributed by atoms with Gasteiger partial charge >= 0.3 is 0 Å². The van der Waals surface area contributed by atoms with Gasteiger partial charge in [0.25, 0.3) is 5.91 Å². The second kappa shape index (κ2) is 7.20. The second-order valence-electron chi connectivity index (χ2n) is 5.24. The van der Waals surface area contributed by atoms with Crippen LogP contribution in [0.1, 0.15) is 12.5 Å². The lowest BCUT2D eigenvalue weighted by atomic mass is 10.2. The van der Waals surface area contributed by atoms with Gasteiger partial charge in [-0.25, -0.2) is 0 Å². The van der Waals surface area contributed by atoms with Crippen molar-refractivity contribution in [1.82, 2.24) is 5.32 Å². The molecule has 3 rings (SSSR count). The molecule has 24 heavy (non-hydrogen) atoms. The maximum absolute atomic E-state index is 12.2. The van der Waals surface area contributed by atoms with E-state index in [0.717, 1.165) is 5.56 Å². The van der Waals surface area contributed by atoms with Crippen molar-refractivity contribution in [2.75, 3.05) is 6.79 Å². The molecule has 0 bridgehead atoms. The molecule has 0 aliphatic carbocycles. The van der Waals surface area contributed by atoms with Crippen LogP contribution in [-0.4, -0.2) is 18.8 Å². The van der Waals surface area contributed by atoms with Crippen molar-refractivity contribution < 1.29 is 19.0 Å². The van der Waals surface area contributed by atoms with Gasteiger partial charge in [-0.05, 0) is 42.8 Å². The number of hydrogen-bond donors (Lipinski definition) is 1. The Bertz CT molecular complexity index is 766. The Hall–Kier alpha value is -2.11. The third-order valence-corrected chi connectivity index (χ3v) is 4.00. The van der Waals surface area contributed by atoms with E-state index in [1.54, 1.807) is 25.1 Å². The van der Waals surface area contributed by atoms with E-state index >= 15 is 0 Å². The molecule has 0 unspecified atom stereocenters. The molecule has 1 atom stereocenters. The van der Waals surface area contributed by atoms with Crippen molar-refractivity contribution in [3.05, 3.63) is 52.0 Å². The first-order valence-electron chi connectivity index (χ1n) is 7.31. The number of benzene rings is 2. The van der Waals surface area contributed by atoms with Crippen LogP contribution >= 0.6 is 23.2 Å². The zero-order valence-electron chi connectivity index (χ0n) is 12.8. The average Bonchev–Trinajstić information content (AvgIpc) is 3.02. The van der Waals surface area contributed by atoms with Crippen LogP contribution in [0.25, 0.3) is 0 Å². The Morgan fingerprint density at radius 1 is 1.21 bits per heavy atom. The molecular weight excluding hydrogens is 353 g/mol. The molecule has 0 fully saturated rings. The molecule has 1 heterocycles. The van der Waals surface area contributed by atoms with Gasteiger partial charge in [0.05, 0.1) is 5.02 Å². The van der Waals surface area contributed by atoms with Crippen molar-refractivity contribution in [3.8, 4) is 17.2 Å². The van der Waals surface area contributed by atoms with Gasteiger partial charge in [-0.3, -0.25) is 4.79 Å². The lowest BCUT2D eigenvalue weighted by molar-refractivity contribution is -0.127. The average molecular weight is 368 g/mol. The summed E-state index contributed by atoms with van der Waals surface area (Å²) in [7, 11) is 0. The summed E-state index contributed by atoms with van der Waals surface area (Å²) in [6, 6.07) is 10.4. The Morgan fingerprint density at radius 2 is 2.00 bits per heavy atom. The molecule has 1 aliphatic rings. The zero-order chi connectivity index (χ0) is 17.1. The number of carbonyl (C=O) groups is 1. The summed E-state index contributed by atoms with van der Waals surface area (Å²) in [6.07, 6.45) is -0.697. The third kappa shape index (κ3) is 3.86. The highest BCUT2D eigenvalue weighted by molar-refractivity contribution is 6.35. The van der Waals surface area contributed by atoms with Crippen LogP contribution in [-0.2, 0) is 11.3 Å². The predicted octanol–water partition coefficient (Wildman–Crippen LogP) is 3.81. The van der Waals surface area contributed by atoms with Gasteiger partial charge in [0.1, 0.15) is 5.75 Å². The summed E-state index contributed by atoms with van der Waals surface area (Å²) < 4.78 is 16.1. The molecule has 0 spiro atoms. The highest BCUT2D eigenvalue weighted by Gasteiger charge is 2.17. The molecule has 0 radical (unpaired) electrons. The van der Waals surface area contributed by atoms with Crippen LogP contribution in [0.5, 0.6) is 17.2 Å². The van der Waals surface area contributed by atoms with E-state index < -0.39 is 6.10 Å². The van der Waals surface area contributed by atoms with Gasteiger partial charge in [0.15, 0.2) is 17.6 Å². The van der Waals surface area contributed by atoms with Crippen molar-refractivity contribution in [2.24, 2.45) is 0 Å². The van der Waals surface area contributed by atoms with Crippen LogP contribution in [0.2, 0.25) is 10.0 Å². The first-order chi connectivity index (χ1) is 11.5. The summed E-state index contributed by atoms with van der Waals surface area (Å²) >= 11 is 11.9. The maximum atomic E-state index is 12.2. The van der Waals surface area contributed by atoms with Crippen molar-refractivity contribution in [1.29, 1.82) is 0 Å². The largest absolute Gasteiger partial charge is 0.479 e. The standard InChI is InChI=1S/C17H15Cl2NO4/c1-10(24-14-5-3-12(18)7-13(14)19)17(21)20-8-11-2-4-15-16(6-11)23-9-22-15/h2-7,10H,8-9H2,1H3,(H,20,21)/t10-/m1/s1. The van der Waals surface area contributed by atoms with E-state index in [-0.39, 0.29) is 12.7 Å². The van der Waals surface area contributed by atoms with Gasteiger partial charge < -0.3 is 19.5 Å². The molecule has 0 saturated carbocycles. The van der Waals surface area contributed by atoms with Gasteiger partial charge in [0, 0.05) is 11.6 Å². The van der Waals surface area contributed by atoms with Gasteiger partial charge in [-0.15, -0.1) is 0 Å². The minimum absolute atomic E-state index is 0.220. The number of ether oxygens (including phenoxy) is 3.